The normalized spacial score (nSPS) is 11.4. The Bertz CT molecular complexity index is 570. The summed E-state index contributed by atoms with van der Waals surface area (Å²) in [5, 5.41) is 2.91. The molecule has 106 valence electrons. The lowest BCUT2D eigenvalue weighted by atomic mass is 10.2. The monoisotopic (exact) mass is 283 g/mol. The van der Waals surface area contributed by atoms with Gasteiger partial charge in [-0.15, -0.1) is 0 Å². The summed E-state index contributed by atoms with van der Waals surface area (Å²) in [6.45, 7) is 0.448. The van der Waals surface area contributed by atoms with Gasteiger partial charge in [0.05, 0.1) is 5.56 Å². The van der Waals surface area contributed by atoms with Crippen LogP contribution >= 0.6 is 0 Å². The maximum absolute atomic E-state index is 12.4. The number of nitrogens with one attached hydrogen (secondary N) is 1. The molecule has 0 fully saturated rings. The van der Waals surface area contributed by atoms with Crippen LogP contribution in [0.2, 0.25) is 0 Å². The van der Waals surface area contributed by atoms with Gasteiger partial charge in [-0.2, -0.15) is 13.2 Å². The Balaban J connectivity index is 2.18. The number of nitrogens with zero attached hydrogens (tertiary/aromatic N) is 2. The number of ether oxygens (including phenoxy) is 1. The fourth-order valence-corrected chi connectivity index (χ4v) is 1.55. The van der Waals surface area contributed by atoms with E-state index in [2.05, 4.69) is 15.3 Å². The number of rotatable bonds is 4. The average Bonchev–Trinajstić information content (AvgIpc) is 2.41. The molecule has 0 aliphatic rings. The topological polar surface area (TPSA) is 47.0 Å². The van der Waals surface area contributed by atoms with Crippen molar-refractivity contribution >= 4 is 0 Å². The summed E-state index contributed by atoms with van der Waals surface area (Å²) < 4.78 is 42.8. The van der Waals surface area contributed by atoms with Gasteiger partial charge in [0.25, 0.3) is 0 Å². The van der Waals surface area contributed by atoms with Crippen molar-refractivity contribution in [3.05, 3.63) is 47.9 Å². The zero-order valence-corrected chi connectivity index (χ0v) is 10.6. The van der Waals surface area contributed by atoms with Crippen LogP contribution in [0.3, 0.4) is 0 Å². The second kappa shape index (κ2) is 5.87. The number of hydrogen-bond donors (Lipinski definition) is 1. The number of hydrogen-bond acceptors (Lipinski definition) is 4. The molecule has 0 radical (unpaired) electrons. The Morgan fingerprint density at radius 3 is 2.35 bits per heavy atom. The fourth-order valence-electron chi connectivity index (χ4n) is 1.55. The smallest absolute Gasteiger partial charge is 0.416 e. The number of aromatic nitrogens is 2. The van der Waals surface area contributed by atoms with E-state index in [4.69, 9.17) is 4.74 Å². The first-order valence-electron chi connectivity index (χ1n) is 5.80. The third-order valence-electron chi connectivity index (χ3n) is 2.48. The molecule has 0 bridgehead atoms. The highest BCUT2D eigenvalue weighted by Gasteiger charge is 2.30. The van der Waals surface area contributed by atoms with Gasteiger partial charge < -0.3 is 10.1 Å². The van der Waals surface area contributed by atoms with Crippen molar-refractivity contribution in [2.24, 2.45) is 0 Å². The first-order chi connectivity index (χ1) is 9.50. The summed E-state index contributed by atoms with van der Waals surface area (Å²) >= 11 is 0. The van der Waals surface area contributed by atoms with E-state index >= 15 is 0 Å². The molecule has 7 heteroatoms. The van der Waals surface area contributed by atoms with E-state index < -0.39 is 11.7 Å². The van der Waals surface area contributed by atoms with E-state index in [1.165, 1.54) is 24.5 Å². The lowest BCUT2D eigenvalue weighted by Crippen LogP contribution is -2.09. The van der Waals surface area contributed by atoms with Crippen LogP contribution in [0.15, 0.2) is 36.7 Å². The minimum atomic E-state index is -4.36. The van der Waals surface area contributed by atoms with E-state index in [9.17, 15) is 13.2 Å². The van der Waals surface area contributed by atoms with Crippen molar-refractivity contribution in [3.8, 4) is 11.6 Å². The third-order valence-corrected chi connectivity index (χ3v) is 2.48. The van der Waals surface area contributed by atoms with Crippen LogP contribution in [-0.2, 0) is 12.7 Å². The van der Waals surface area contributed by atoms with Gasteiger partial charge in [-0.25, -0.2) is 4.98 Å². The summed E-state index contributed by atoms with van der Waals surface area (Å²) in [4.78, 5) is 8.11. The second-order valence-electron chi connectivity index (χ2n) is 3.96. The van der Waals surface area contributed by atoms with Crippen LogP contribution in [-0.4, -0.2) is 17.0 Å². The van der Waals surface area contributed by atoms with Gasteiger partial charge >= 0.3 is 6.18 Å². The van der Waals surface area contributed by atoms with E-state index in [1.54, 1.807) is 7.05 Å². The quantitative estimate of drug-likeness (QED) is 0.937. The SMILES string of the molecule is CNCc1nccnc1Oc1ccc(C(F)(F)F)cc1. The van der Waals surface area contributed by atoms with E-state index in [0.717, 1.165) is 12.1 Å². The molecule has 0 amide bonds. The molecule has 2 rings (SSSR count). The Hall–Kier alpha value is -2.15. The van der Waals surface area contributed by atoms with Crippen molar-refractivity contribution in [1.29, 1.82) is 0 Å². The molecule has 20 heavy (non-hydrogen) atoms. The molecule has 0 spiro atoms. The molecule has 0 atom stereocenters. The number of halogens is 3. The van der Waals surface area contributed by atoms with Crippen LogP contribution in [0, 0.1) is 0 Å². The molecular weight excluding hydrogens is 271 g/mol. The average molecular weight is 283 g/mol. The molecule has 0 unspecified atom stereocenters. The summed E-state index contributed by atoms with van der Waals surface area (Å²) in [7, 11) is 1.75. The van der Waals surface area contributed by atoms with Crippen LogP contribution in [0.5, 0.6) is 11.6 Å². The zero-order chi connectivity index (χ0) is 14.6. The van der Waals surface area contributed by atoms with Gasteiger partial charge in [0.15, 0.2) is 0 Å². The molecule has 1 heterocycles. The van der Waals surface area contributed by atoms with Crippen molar-refractivity contribution in [2.45, 2.75) is 12.7 Å². The van der Waals surface area contributed by atoms with Gasteiger partial charge in [0, 0.05) is 18.9 Å². The van der Waals surface area contributed by atoms with Crippen molar-refractivity contribution < 1.29 is 17.9 Å². The highest BCUT2D eigenvalue weighted by Crippen LogP contribution is 2.31. The maximum atomic E-state index is 12.4. The summed E-state index contributed by atoms with van der Waals surface area (Å²) in [6.07, 6.45) is -1.38. The molecule has 2 aromatic rings. The molecule has 0 aliphatic heterocycles. The highest BCUT2D eigenvalue weighted by atomic mass is 19.4. The van der Waals surface area contributed by atoms with E-state index in [1.807, 2.05) is 0 Å². The van der Waals surface area contributed by atoms with Crippen molar-refractivity contribution in [3.63, 3.8) is 0 Å². The minimum Gasteiger partial charge on any atom is -0.437 e. The molecule has 0 saturated carbocycles. The van der Waals surface area contributed by atoms with Crippen molar-refractivity contribution in [2.75, 3.05) is 7.05 Å². The highest BCUT2D eigenvalue weighted by molar-refractivity contribution is 5.32. The van der Waals surface area contributed by atoms with Crippen LogP contribution in [0.1, 0.15) is 11.3 Å². The zero-order valence-electron chi connectivity index (χ0n) is 10.6. The summed E-state index contributed by atoms with van der Waals surface area (Å²) in [6, 6.07) is 4.42. The van der Waals surface area contributed by atoms with Gasteiger partial charge in [-0.3, -0.25) is 4.98 Å². The molecule has 1 N–H and O–H groups in total. The number of alkyl halides is 3. The minimum absolute atomic E-state index is 0.265. The summed E-state index contributed by atoms with van der Waals surface area (Å²) in [5.74, 6) is 0.539. The Labute approximate surface area is 113 Å². The first-order valence-corrected chi connectivity index (χ1v) is 5.80. The van der Waals surface area contributed by atoms with Gasteiger partial charge in [-0.05, 0) is 31.3 Å². The standard InChI is InChI=1S/C13H12F3N3O/c1-17-8-11-12(19-7-6-18-11)20-10-4-2-9(3-5-10)13(14,15)16/h2-7,17H,8H2,1H3. The largest absolute Gasteiger partial charge is 0.437 e. The Morgan fingerprint density at radius 1 is 1.10 bits per heavy atom. The molecule has 0 aliphatic carbocycles. The maximum Gasteiger partial charge on any atom is 0.416 e. The Morgan fingerprint density at radius 2 is 1.75 bits per heavy atom. The van der Waals surface area contributed by atoms with Crippen molar-refractivity contribution in [1.82, 2.24) is 15.3 Å². The van der Waals surface area contributed by atoms with Crippen LogP contribution < -0.4 is 10.1 Å². The van der Waals surface area contributed by atoms with Crippen LogP contribution in [0.25, 0.3) is 0 Å². The van der Waals surface area contributed by atoms with E-state index in [-0.39, 0.29) is 11.6 Å². The predicted molar refractivity (Wildman–Crippen MR) is 66.3 cm³/mol. The van der Waals surface area contributed by atoms with Gasteiger partial charge in [-0.1, -0.05) is 0 Å². The fraction of sp³-hybridized carbons (Fsp3) is 0.231. The molecule has 1 aromatic carbocycles. The molecular formula is C13H12F3N3O. The molecule has 0 saturated heterocycles. The summed E-state index contributed by atoms with van der Waals surface area (Å²) in [5.41, 5.74) is -0.144. The van der Waals surface area contributed by atoms with Crippen LogP contribution in [0.4, 0.5) is 13.2 Å². The molecule has 4 nitrogen and oxygen atoms in total. The lowest BCUT2D eigenvalue weighted by molar-refractivity contribution is -0.137. The number of benzene rings is 1. The Kier molecular flexibility index (Phi) is 4.19. The molecule has 1 aromatic heterocycles. The third kappa shape index (κ3) is 3.45. The lowest BCUT2D eigenvalue weighted by Gasteiger charge is -2.10. The van der Waals surface area contributed by atoms with E-state index in [0.29, 0.717) is 12.2 Å². The second-order valence-corrected chi connectivity index (χ2v) is 3.96. The first kappa shape index (κ1) is 14.3. The van der Waals surface area contributed by atoms with Gasteiger partial charge in [0.2, 0.25) is 5.88 Å². The van der Waals surface area contributed by atoms with Gasteiger partial charge in [0.1, 0.15) is 11.4 Å². The predicted octanol–water partition coefficient (Wildman–Crippen LogP) is 3.01.